The second-order valence-electron chi connectivity index (χ2n) is 3.83. The summed E-state index contributed by atoms with van der Waals surface area (Å²) in [6.07, 6.45) is 0. The highest BCUT2D eigenvalue weighted by Gasteiger charge is 2.08. The van der Waals surface area contributed by atoms with Crippen LogP contribution in [0.3, 0.4) is 0 Å². The fourth-order valence-corrected chi connectivity index (χ4v) is 2.15. The Labute approximate surface area is 109 Å². The Balaban J connectivity index is 2.45. The highest BCUT2D eigenvalue weighted by Crippen LogP contribution is 2.28. The summed E-state index contributed by atoms with van der Waals surface area (Å²) in [6.45, 7) is 0.781. The molecular formula is C14H13BrFN. The van der Waals surface area contributed by atoms with Crippen LogP contribution >= 0.6 is 15.9 Å². The van der Waals surface area contributed by atoms with Gasteiger partial charge in [0.15, 0.2) is 0 Å². The van der Waals surface area contributed by atoms with Crippen LogP contribution < -0.4 is 5.32 Å². The van der Waals surface area contributed by atoms with Crippen LogP contribution in [0, 0.1) is 5.82 Å². The standard InChI is InChI=1S/C14H13BrFN/c1-17-9-10-4-2-5-11(8-10)12-6-3-7-13(15)14(12)16/h2-8,17H,9H2,1H3. The second-order valence-corrected chi connectivity index (χ2v) is 4.69. The topological polar surface area (TPSA) is 12.0 Å². The fraction of sp³-hybridized carbons (Fsp3) is 0.143. The number of nitrogens with one attached hydrogen (secondary N) is 1. The first-order valence-corrected chi connectivity index (χ1v) is 6.19. The molecular weight excluding hydrogens is 281 g/mol. The van der Waals surface area contributed by atoms with E-state index in [0.717, 1.165) is 17.7 Å². The maximum atomic E-state index is 13.9. The van der Waals surface area contributed by atoms with E-state index in [4.69, 9.17) is 0 Å². The Morgan fingerprint density at radius 2 is 1.94 bits per heavy atom. The Morgan fingerprint density at radius 3 is 2.71 bits per heavy atom. The molecule has 2 aromatic carbocycles. The SMILES string of the molecule is CNCc1cccc(-c2cccc(Br)c2F)c1. The zero-order valence-electron chi connectivity index (χ0n) is 9.50. The monoisotopic (exact) mass is 293 g/mol. The van der Waals surface area contributed by atoms with Crippen LogP contribution in [0.4, 0.5) is 4.39 Å². The third-order valence-corrected chi connectivity index (χ3v) is 3.18. The van der Waals surface area contributed by atoms with Gasteiger partial charge in [0.1, 0.15) is 5.82 Å². The number of halogens is 2. The fourth-order valence-electron chi connectivity index (χ4n) is 1.78. The van der Waals surface area contributed by atoms with Gasteiger partial charge in [-0.05, 0) is 46.2 Å². The predicted molar refractivity (Wildman–Crippen MR) is 72.3 cm³/mol. The molecule has 0 spiro atoms. The Bertz CT molecular complexity index is 525. The van der Waals surface area contributed by atoms with Crippen LogP contribution in [0.5, 0.6) is 0 Å². The molecule has 0 aromatic heterocycles. The maximum Gasteiger partial charge on any atom is 0.145 e. The lowest BCUT2D eigenvalue weighted by Crippen LogP contribution is -2.04. The van der Waals surface area contributed by atoms with Crippen molar-refractivity contribution in [3.8, 4) is 11.1 Å². The van der Waals surface area contributed by atoms with E-state index in [1.54, 1.807) is 12.1 Å². The largest absolute Gasteiger partial charge is 0.316 e. The summed E-state index contributed by atoms with van der Waals surface area (Å²) in [5, 5.41) is 3.09. The third-order valence-electron chi connectivity index (χ3n) is 2.57. The summed E-state index contributed by atoms with van der Waals surface area (Å²) in [5.41, 5.74) is 2.67. The molecule has 0 aliphatic rings. The molecule has 0 amide bonds. The summed E-state index contributed by atoms with van der Waals surface area (Å²) in [5.74, 6) is -0.214. The van der Waals surface area contributed by atoms with Crippen molar-refractivity contribution < 1.29 is 4.39 Å². The van der Waals surface area contributed by atoms with Gasteiger partial charge < -0.3 is 5.32 Å². The molecule has 17 heavy (non-hydrogen) atoms. The first-order valence-electron chi connectivity index (χ1n) is 5.40. The molecule has 0 saturated heterocycles. The van der Waals surface area contributed by atoms with Gasteiger partial charge >= 0.3 is 0 Å². The van der Waals surface area contributed by atoms with E-state index in [1.807, 2.05) is 37.4 Å². The summed E-state index contributed by atoms with van der Waals surface area (Å²) in [6, 6.07) is 13.2. The van der Waals surface area contributed by atoms with E-state index >= 15 is 0 Å². The summed E-state index contributed by atoms with van der Waals surface area (Å²) >= 11 is 3.21. The maximum absolute atomic E-state index is 13.9. The van der Waals surface area contributed by atoms with E-state index < -0.39 is 0 Å². The van der Waals surface area contributed by atoms with Crippen molar-refractivity contribution in [2.75, 3.05) is 7.05 Å². The van der Waals surface area contributed by atoms with Gasteiger partial charge in [0.2, 0.25) is 0 Å². The van der Waals surface area contributed by atoms with Crippen molar-refractivity contribution in [2.24, 2.45) is 0 Å². The van der Waals surface area contributed by atoms with Crippen LogP contribution in [0.15, 0.2) is 46.9 Å². The normalized spacial score (nSPS) is 10.5. The average molecular weight is 294 g/mol. The molecule has 0 aliphatic carbocycles. The smallest absolute Gasteiger partial charge is 0.145 e. The number of hydrogen-bond acceptors (Lipinski definition) is 1. The van der Waals surface area contributed by atoms with Crippen LogP contribution in [-0.4, -0.2) is 7.05 Å². The van der Waals surface area contributed by atoms with Crippen molar-refractivity contribution in [3.05, 3.63) is 58.3 Å². The lowest BCUT2D eigenvalue weighted by Gasteiger charge is -2.07. The minimum Gasteiger partial charge on any atom is -0.316 e. The Morgan fingerprint density at radius 1 is 1.18 bits per heavy atom. The third kappa shape index (κ3) is 2.73. The molecule has 0 heterocycles. The van der Waals surface area contributed by atoms with Crippen LogP contribution in [-0.2, 0) is 6.54 Å². The molecule has 0 atom stereocenters. The number of rotatable bonds is 3. The average Bonchev–Trinajstić information content (AvgIpc) is 2.33. The van der Waals surface area contributed by atoms with Gasteiger partial charge in [-0.2, -0.15) is 0 Å². The van der Waals surface area contributed by atoms with E-state index in [9.17, 15) is 4.39 Å². The summed E-state index contributed by atoms with van der Waals surface area (Å²) < 4.78 is 14.4. The van der Waals surface area contributed by atoms with E-state index in [-0.39, 0.29) is 5.82 Å². The lowest BCUT2D eigenvalue weighted by atomic mass is 10.0. The first-order chi connectivity index (χ1) is 8.22. The van der Waals surface area contributed by atoms with Crippen molar-refractivity contribution >= 4 is 15.9 Å². The summed E-state index contributed by atoms with van der Waals surface area (Å²) in [4.78, 5) is 0. The quantitative estimate of drug-likeness (QED) is 0.903. The molecule has 0 saturated carbocycles. The molecule has 0 unspecified atom stereocenters. The van der Waals surface area contributed by atoms with Crippen molar-refractivity contribution in [3.63, 3.8) is 0 Å². The van der Waals surface area contributed by atoms with Gasteiger partial charge in [0, 0.05) is 12.1 Å². The molecule has 2 aromatic rings. The molecule has 0 bridgehead atoms. The van der Waals surface area contributed by atoms with Gasteiger partial charge in [0.25, 0.3) is 0 Å². The molecule has 3 heteroatoms. The molecule has 1 nitrogen and oxygen atoms in total. The van der Waals surface area contributed by atoms with E-state index in [2.05, 4.69) is 21.2 Å². The van der Waals surface area contributed by atoms with E-state index in [1.165, 1.54) is 0 Å². The van der Waals surface area contributed by atoms with Crippen molar-refractivity contribution in [2.45, 2.75) is 6.54 Å². The molecule has 2 rings (SSSR count). The second kappa shape index (κ2) is 5.43. The zero-order chi connectivity index (χ0) is 12.3. The van der Waals surface area contributed by atoms with Crippen LogP contribution in [0.25, 0.3) is 11.1 Å². The number of benzene rings is 2. The Hall–Kier alpha value is -1.19. The highest BCUT2D eigenvalue weighted by molar-refractivity contribution is 9.10. The van der Waals surface area contributed by atoms with Crippen molar-refractivity contribution in [1.29, 1.82) is 0 Å². The number of hydrogen-bond donors (Lipinski definition) is 1. The molecule has 0 radical (unpaired) electrons. The van der Waals surface area contributed by atoms with Gasteiger partial charge in [-0.3, -0.25) is 0 Å². The minimum absolute atomic E-state index is 0.214. The van der Waals surface area contributed by atoms with Gasteiger partial charge in [0.05, 0.1) is 4.47 Å². The predicted octanol–water partition coefficient (Wildman–Crippen LogP) is 3.97. The lowest BCUT2D eigenvalue weighted by molar-refractivity contribution is 0.624. The minimum atomic E-state index is -0.214. The molecule has 0 aliphatic heterocycles. The Kier molecular flexibility index (Phi) is 3.92. The van der Waals surface area contributed by atoms with E-state index in [0.29, 0.717) is 10.0 Å². The van der Waals surface area contributed by atoms with Crippen LogP contribution in [0.2, 0.25) is 0 Å². The van der Waals surface area contributed by atoms with Gasteiger partial charge in [-0.25, -0.2) is 4.39 Å². The molecule has 0 fully saturated rings. The molecule has 88 valence electrons. The van der Waals surface area contributed by atoms with Crippen molar-refractivity contribution in [1.82, 2.24) is 5.32 Å². The van der Waals surface area contributed by atoms with Gasteiger partial charge in [-0.15, -0.1) is 0 Å². The summed E-state index contributed by atoms with van der Waals surface area (Å²) in [7, 11) is 1.90. The highest BCUT2D eigenvalue weighted by atomic mass is 79.9. The first kappa shape index (κ1) is 12.3. The zero-order valence-corrected chi connectivity index (χ0v) is 11.1. The molecule has 1 N–H and O–H groups in total. The van der Waals surface area contributed by atoms with Gasteiger partial charge in [-0.1, -0.05) is 30.3 Å². The van der Waals surface area contributed by atoms with Crippen LogP contribution in [0.1, 0.15) is 5.56 Å².